The van der Waals surface area contributed by atoms with Gasteiger partial charge in [-0.3, -0.25) is 14.6 Å². The third kappa shape index (κ3) is 5.30. The molecule has 0 unspecified atom stereocenters. The lowest BCUT2D eigenvalue weighted by atomic mass is 9.93. The summed E-state index contributed by atoms with van der Waals surface area (Å²) in [6, 6.07) is 0.598. The number of nitrogens with zero attached hydrogens (tertiary/aromatic N) is 3. The van der Waals surface area contributed by atoms with Crippen molar-refractivity contribution in [3.05, 3.63) is 17.0 Å². The Balaban J connectivity index is 1.45. The van der Waals surface area contributed by atoms with Gasteiger partial charge in [-0.25, -0.2) is 0 Å². The number of likely N-dealkylation sites (tertiary alicyclic amines) is 2. The zero-order chi connectivity index (χ0) is 19.2. The molecule has 2 saturated heterocycles. The van der Waals surface area contributed by atoms with Gasteiger partial charge in [0.1, 0.15) is 5.76 Å². The number of carbonyl (C=O) groups excluding carboxylic acids is 1. The van der Waals surface area contributed by atoms with Crippen LogP contribution in [-0.2, 0) is 16.1 Å². The van der Waals surface area contributed by atoms with E-state index in [1.165, 1.54) is 18.4 Å². The van der Waals surface area contributed by atoms with E-state index in [2.05, 4.69) is 20.3 Å². The molecule has 7 nitrogen and oxygen atoms in total. The number of amides is 1. The van der Waals surface area contributed by atoms with Gasteiger partial charge < -0.3 is 14.6 Å². The summed E-state index contributed by atoms with van der Waals surface area (Å²) in [7, 11) is 1.66. The quantitative estimate of drug-likeness (QED) is 0.729. The van der Waals surface area contributed by atoms with Crippen LogP contribution >= 0.6 is 0 Å². The standard InChI is InChI=1S/C20H34N4O3/c1-15-19(16(2)27-22-15)14-23-10-6-18(7-11-23)24-9-4-5-17(13-24)20(25)21-8-12-26-3/h17-18H,4-14H2,1-3H3,(H,21,25)/t17-/m1/s1. The highest BCUT2D eigenvalue weighted by molar-refractivity contribution is 5.78. The lowest BCUT2D eigenvalue weighted by Crippen LogP contribution is -2.50. The Bertz CT molecular complexity index is 591. The first kappa shape index (κ1) is 20.3. The minimum Gasteiger partial charge on any atom is -0.383 e. The number of piperidine rings is 2. The van der Waals surface area contributed by atoms with Crippen LogP contribution in [0.1, 0.15) is 42.7 Å². The number of hydrogen-bond acceptors (Lipinski definition) is 6. The number of carbonyl (C=O) groups is 1. The van der Waals surface area contributed by atoms with Gasteiger partial charge in [-0.2, -0.15) is 0 Å². The maximum atomic E-state index is 12.4. The van der Waals surface area contributed by atoms with Crippen molar-refractivity contribution in [3.63, 3.8) is 0 Å². The van der Waals surface area contributed by atoms with Crippen molar-refractivity contribution in [2.45, 2.75) is 52.1 Å². The molecule has 3 rings (SSSR count). The van der Waals surface area contributed by atoms with E-state index in [-0.39, 0.29) is 11.8 Å². The van der Waals surface area contributed by atoms with Gasteiger partial charge in [0.05, 0.1) is 18.2 Å². The second kappa shape index (κ2) is 9.66. The monoisotopic (exact) mass is 378 g/mol. The molecule has 0 aliphatic carbocycles. The fourth-order valence-electron chi connectivity index (χ4n) is 4.37. The molecule has 0 saturated carbocycles. The van der Waals surface area contributed by atoms with Gasteiger partial charge in [0.15, 0.2) is 0 Å². The van der Waals surface area contributed by atoms with Crippen molar-refractivity contribution in [1.82, 2.24) is 20.3 Å². The van der Waals surface area contributed by atoms with Crippen LogP contribution in [0.15, 0.2) is 4.52 Å². The molecule has 27 heavy (non-hydrogen) atoms. The molecule has 3 heterocycles. The molecule has 0 radical (unpaired) electrons. The normalized spacial score (nSPS) is 22.9. The SMILES string of the molecule is COCCNC(=O)[C@@H]1CCCN(C2CCN(Cc3c(C)noc3C)CC2)C1. The number of nitrogens with one attached hydrogen (secondary N) is 1. The van der Waals surface area contributed by atoms with E-state index < -0.39 is 0 Å². The number of methoxy groups -OCH3 is 1. The van der Waals surface area contributed by atoms with Crippen molar-refractivity contribution in [2.24, 2.45) is 5.92 Å². The molecule has 0 bridgehead atoms. The molecule has 2 aliphatic heterocycles. The third-order valence-corrected chi connectivity index (χ3v) is 6.07. The maximum Gasteiger partial charge on any atom is 0.224 e. The summed E-state index contributed by atoms with van der Waals surface area (Å²) >= 11 is 0. The van der Waals surface area contributed by atoms with Crippen LogP contribution in [0.5, 0.6) is 0 Å². The molecular formula is C20H34N4O3. The van der Waals surface area contributed by atoms with Gasteiger partial charge in [-0.1, -0.05) is 5.16 Å². The van der Waals surface area contributed by atoms with Crippen LogP contribution in [0.3, 0.4) is 0 Å². The zero-order valence-electron chi connectivity index (χ0n) is 17.0. The summed E-state index contributed by atoms with van der Waals surface area (Å²) < 4.78 is 10.3. The molecule has 1 amide bonds. The van der Waals surface area contributed by atoms with Crippen LogP contribution < -0.4 is 5.32 Å². The van der Waals surface area contributed by atoms with Crippen LogP contribution in [0, 0.1) is 19.8 Å². The van der Waals surface area contributed by atoms with Crippen LogP contribution in [0.25, 0.3) is 0 Å². The van der Waals surface area contributed by atoms with E-state index in [0.717, 1.165) is 57.0 Å². The molecule has 152 valence electrons. The van der Waals surface area contributed by atoms with E-state index in [4.69, 9.17) is 9.26 Å². The van der Waals surface area contributed by atoms with Gasteiger partial charge in [0.2, 0.25) is 5.91 Å². The Morgan fingerprint density at radius 2 is 2.04 bits per heavy atom. The minimum absolute atomic E-state index is 0.121. The van der Waals surface area contributed by atoms with Crippen molar-refractivity contribution in [3.8, 4) is 0 Å². The Morgan fingerprint density at radius 1 is 1.26 bits per heavy atom. The van der Waals surface area contributed by atoms with Gasteiger partial charge in [0.25, 0.3) is 0 Å². The largest absolute Gasteiger partial charge is 0.383 e. The second-order valence-corrected chi connectivity index (χ2v) is 7.93. The average molecular weight is 379 g/mol. The van der Waals surface area contributed by atoms with Crippen molar-refractivity contribution >= 4 is 5.91 Å². The number of ether oxygens (including phenoxy) is 1. The lowest BCUT2D eigenvalue weighted by molar-refractivity contribution is -0.127. The number of aryl methyl sites for hydroxylation is 2. The fourth-order valence-corrected chi connectivity index (χ4v) is 4.37. The van der Waals surface area contributed by atoms with Gasteiger partial charge >= 0.3 is 0 Å². The van der Waals surface area contributed by atoms with Crippen LogP contribution in [-0.4, -0.2) is 73.3 Å². The molecular weight excluding hydrogens is 344 g/mol. The highest BCUT2D eigenvalue weighted by Crippen LogP contribution is 2.25. The third-order valence-electron chi connectivity index (χ3n) is 6.07. The maximum absolute atomic E-state index is 12.4. The fraction of sp³-hybridized carbons (Fsp3) is 0.800. The number of hydrogen-bond donors (Lipinski definition) is 1. The molecule has 1 aromatic rings. The van der Waals surface area contributed by atoms with Gasteiger partial charge in [-0.05, 0) is 59.2 Å². The predicted octanol–water partition coefficient (Wildman–Crippen LogP) is 1.73. The molecule has 1 aromatic heterocycles. The van der Waals surface area contributed by atoms with Crippen molar-refractivity contribution in [1.29, 1.82) is 0 Å². The summed E-state index contributed by atoms with van der Waals surface area (Å²) in [6.45, 7) is 10.3. The van der Waals surface area contributed by atoms with Crippen LogP contribution in [0.2, 0.25) is 0 Å². The Hall–Kier alpha value is -1.44. The van der Waals surface area contributed by atoms with E-state index in [0.29, 0.717) is 19.2 Å². The summed E-state index contributed by atoms with van der Waals surface area (Å²) in [4.78, 5) is 17.4. The Morgan fingerprint density at radius 3 is 2.70 bits per heavy atom. The summed E-state index contributed by atoms with van der Waals surface area (Å²) in [5.74, 6) is 1.25. The first-order valence-corrected chi connectivity index (χ1v) is 10.2. The van der Waals surface area contributed by atoms with Gasteiger partial charge in [-0.15, -0.1) is 0 Å². The first-order valence-electron chi connectivity index (χ1n) is 10.2. The summed E-state index contributed by atoms with van der Waals surface area (Å²) in [6.07, 6.45) is 4.45. The minimum atomic E-state index is 0.121. The topological polar surface area (TPSA) is 70.8 Å². The molecule has 1 atom stereocenters. The van der Waals surface area contributed by atoms with Crippen LogP contribution in [0.4, 0.5) is 0 Å². The summed E-state index contributed by atoms with van der Waals surface area (Å²) in [5.41, 5.74) is 2.24. The predicted molar refractivity (Wildman–Crippen MR) is 103 cm³/mol. The smallest absolute Gasteiger partial charge is 0.224 e. The van der Waals surface area contributed by atoms with E-state index >= 15 is 0 Å². The highest BCUT2D eigenvalue weighted by Gasteiger charge is 2.31. The number of aromatic nitrogens is 1. The Kier molecular flexibility index (Phi) is 7.26. The van der Waals surface area contributed by atoms with E-state index in [9.17, 15) is 4.79 Å². The second-order valence-electron chi connectivity index (χ2n) is 7.93. The van der Waals surface area contributed by atoms with Crippen molar-refractivity contribution in [2.75, 3.05) is 46.4 Å². The first-order chi connectivity index (χ1) is 13.1. The highest BCUT2D eigenvalue weighted by atomic mass is 16.5. The average Bonchev–Trinajstić information content (AvgIpc) is 3.01. The summed E-state index contributed by atoms with van der Waals surface area (Å²) in [5, 5.41) is 7.07. The molecule has 0 spiro atoms. The lowest BCUT2D eigenvalue weighted by Gasteiger charge is -2.42. The van der Waals surface area contributed by atoms with Gasteiger partial charge in [0, 0.05) is 38.3 Å². The molecule has 2 aliphatic rings. The molecule has 1 N–H and O–H groups in total. The van der Waals surface area contributed by atoms with E-state index in [1.54, 1.807) is 7.11 Å². The Labute approximate surface area is 162 Å². The molecule has 0 aromatic carbocycles. The zero-order valence-corrected chi connectivity index (χ0v) is 17.0. The van der Waals surface area contributed by atoms with Crippen molar-refractivity contribution < 1.29 is 14.1 Å². The molecule has 2 fully saturated rings. The number of rotatable bonds is 7. The molecule has 7 heteroatoms. The van der Waals surface area contributed by atoms with E-state index in [1.807, 2.05) is 13.8 Å².